The molecule has 0 unspecified atom stereocenters. The first-order chi connectivity index (χ1) is 14.5. The average Bonchev–Trinajstić information content (AvgIpc) is 3.59. The van der Waals surface area contributed by atoms with Crippen molar-refractivity contribution in [2.24, 2.45) is 0 Å². The fourth-order valence-corrected chi connectivity index (χ4v) is 5.61. The van der Waals surface area contributed by atoms with Crippen LogP contribution in [0.3, 0.4) is 0 Å². The molecule has 2 N–H and O–H groups in total. The number of anilines is 1. The third-order valence-electron chi connectivity index (χ3n) is 6.10. The minimum absolute atomic E-state index is 0.0688. The maximum absolute atomic E-state index is 12.9. The molecule has 4 rings (SSSR count). The smallest absolute Gasteiger partial charge is 0.243 e. The molecule has 1 aliphatic heterocycles. The lowest BCUT2D eigenvalue weighted by molar-refractivity contribution is -0.119. The van der Waals surface area contributed by atoms with Crippen LogP contribution >= 0.6 is 0 Å². The van der Waals surface area contributed by atoms with Gasteiger partial charge in [-0.3, -0.25) is 4.79 Å². The van der Waals surface area contributed by atoms with Crippen molar-refractivity contribution in [2.45, 2.75) is 42.4 Å². The van der Waals surface area contributed by atoms with E-state index in [0.29, 0.717) is 25.3 Å². The van der Waals surface area contributed by atoms with Gasteiger partial charge < -0.3 is 10.6 Å². The number of nitrogens with one attached hydrogen (secondary N) is 2. The maximum Gasteiger partial charge on any atom is 0.243 e. The zero-order valence-corrected chi connectivity index (χ0v) is 18.0. The zero-order chi connectivity index (χ0) is 21.0. The van der Waals surface area contributed by atoms with Crippen LogP contribution in [0.5, 0.6) is 0 Å². The fraction of sp³-hybridized carbons (Fsp3) is 0.435. The van der Waals surface area contributed by atoms with Crippen molar-refractivity contribution in [2.75, 3.05) is 31.5 Å². The van der Waals surface area contributed by atoms with E-state index in [1.54, 1.807) is 28.6 Å². The van der Waals surface area contributed by atoms with Gasteiger partial charge in [0, 0.05) is 30.7 Å². The van der Waals surface area contributed by atoms with Gasteiger partial charge in [0.1, 0.15) is 0 Å². The molecule has 2 aromatic carbocycles. The van der Waals surface area contributed by atoms with E-state index in [2.05, 4.69) is 22.8 Å². The minimum Gasteiger partial charge on any atom is -0.376 e. The van der Waals surface area contributed by atoms with E-state index >= 15 is 0 Å². The van der Waals surface area contributed by atoms with Crippen LogP contribution in [0.1, 0.15) is 37.7 Å². The van der Waals surface area contributed by atoms with Crippen LogP contribution in [0.15, 0.2) is 59.5 Å². The Balaban J connectivity index is 1.32. The molecule has 7 heteroatoms. The number of hydrogen-bond acceptors (Lipinski definition) is 4. The lowest BCUT2D eigenvalue weighted by Crippen LogP contribution is -2.36. The topological polar surface area (TPSA) is 78.5 Å². The summed E-state index contributed by atoms with van der Waals surface area (Å²) in [7, 11) is -3.48. The summed E-state index contributed by atoms with van der Waals surface area (Å²) in [5.41, 5.74) is 1.97. The molecular weight excluding hydrogens is 398 g/mol. The van der Waals surface area contributed by atoms with E-state index in [0.717, 1.165) is 32.1 Å². The molecule has 1 saturated heterocycles. The zero-order valence-electron chi connectivity index (χ0n) is 17.1. The molecule has 0 spiro atoms. The molecule has 0 radical (unpaired) electrons. The number of sulfonamides is 1. The third-order valence-corrected chi connectivity index (χ3v) is 8.00. The molecule has 0 aromatic heterocycles. The Bertz CT molecular complexity index is 982. The van der Waals surface area contributed by atoms with Gasteiger partial charge in [0.15, 0.2) is 0 Å². The van der Waals surface area contributed by atoms with Crippen LogP contribution in [0.2, 0.25) is 0 Å². The SMILES string of the molecule is O=C(CNc1cccc(S(=O)(=O)N2CCCCC2)c1)NCC1(c2ccccc2)CC1. The molecule has 1 saturated carbocycles. The summed E-state index contributed by atoms with van der Waals surface area (Å²) < 4.78 is 27.3. The summed E-state index contributed by atoms with van der Waals surface area (Å²) in [5, 5.41) is 6.08. The minimum atomic E-state index is -3.48. The molecular formula is C23H29N3O3S. The van der Waals surface area contributed by atoms with E-state index in [1.165, 1.54) is 5.56 Å². The first-order valence-corrected chi connectivity index (χ1v) is 12.1. The number of carbonyl (C=O) groups excluding carboxylic acids is 1. The normalized spacial score (nSPS) is 18.5. The molecule has 0 bridgehead atoms. The second-order valence-electron chi connectivity index (χ2n) is 8.27. The van der Waals surface area contributed by atoms with Gasteiger partial charge in [-0.1, -0.05) is 42.8 Å². The molecule has 0 atom stereocenters. The predicted molar refractivity (Wildman–Crippen MR) is 118 cm³/mol. The number of amides is 1. The summed E-state index contributed by atoms with van der Waals surface area (Å²) in [4.78, 5) is 12.6. The van der Waals surface area contributed by atoms with Crippen LogP contribution in [0.4, 0.5) is 5.69 Å². The average molecular weight is 428 g/mol. The predicted octanol–water partition coefficient (Wildman–Crippen LogP) is 3.12. The Morgan fingerprint density at radius 1 is 0.967 bits per heavy atom. The molecule has 2 fully saturated rings. The first kappa shape index (κ1) is 20.9. The summed E-state index contributed by atoms with van der Waals surface area (Å²) >= 11 is 0. The van der Waals surface area contributed by atoms with Crippen molar-refractivity contribution < 1.29 is 13.2 Å². The van der Waals surface area contributed by atoms with Gasteiger partial charge in [-0.2, -0.15) is 4.31 Å². The Kier molecular flexibility index (Phi) is 6.11. The van der Waals surface area contributed by atoms with Crippen LogP contribution in [0, 0.1) is 0 Å². The van der Waals surface area contributed by atoms with Gasteiger partial charge >= 0.3 is 0 Å². The van der Waals surface area contributed by atoms with Crippen molar-refractivity contribution in [1.82, 2.24) is 9.62 Å². The highest BCUT2D eigenvalue weighted by Gasteiger charge is 2.44. The highest BCUT2D eigenvalue weighted by Crippen LogP contribution is 2.47. The highest BCUT2D eigenvalue weighted by molar-refractivity contribution is 7.89. The van der Waals surface area contributed by atoms with Crippen molar-refractivity contribution in [3.8, 4) is 0 Å². The number of hydrogen-bond donors (Lipinski definition) is 2. The number of benzene rings is 2. The molecule has 30 heavy (non-hydrogen) atoms. The summed E-state index contributed by atoms with van der Waals surface area (Å²) in [5.74, 6) is -0.0958. The third kappa shape index (κ3) is 4.68. The van der Waals surface area contributed by atoms with Gasteiger partial charge in [0.2, 0.25) is 15.9 Å². The van der Waals surface area contributed by atoms with Crippen molar-refractivity contribution in [3.63, 3.8) is 0 Å². The molecule has 6 nitrogen and oxygen atoms in total. The monoisotopic (exact) mass is 427 g/mol. The van der Waals surface area contributed by atoms with Crippen molar-refractivity contribution >= 4 is 21.6 Å². The number of carbonyl (C=O) groups is 1. The quantitative estimate of drug-likeness (QED) is 0.679. The van der Waals surface area contributed by atoms with E-state index in [9.17, 15) is 13.2 Å². The van der Waals surface area contributed by atoms with Gasteiger partial charge in [-0.15, -0.1) is 0 Å². The molecule has 1 amide bonds. The van der Waals surface area contributed by atoms with E-state index in [-0.39, 0.29) is 22.8 Å². The van der Waals surface area contributed by atoms with E-state index in [4.69, 9.17) is 0 Å². The van der Waals surface area contributed by atoms with Gasteiger partial charge in [0.05, 0.1) is 11.4 Å². The molecule has 1 aliphatic carbocycles. The lowest BCUT2D eigenvalue weighted by Gasteiger charge is -2.26. The molecule has 1 heterocycles. The Morgan fingerprint density at radius 2 is 1.70 bits per heavy atom. The number of rotatable bonds is 8. The van der Waals surface area contributed by atoms with Crippen LogP contribution in [-0.4, -0.2) is 44.8 Å². The summed E-state index contributed by atoms with van der Waals surface area (Å²) in [6, 6.07) is 17.0. The number of piperidine rings is 1. The van der Waals surface area contributed by atoms with Crippen molar-refractivity contribution in [1.29, 1.82) is 0 Å². The van der Waals surface area contributed by atoms with E-state index in [1.807, 2.05) is 18.2 Å². The molecule has 2 aliphatic rings. The van der Waals surface area contributed by atoms with Gasteiger partial charge in [-0.25, -0.2) is 8.42 Å². The first-order valence-electron chi connectivity index (χ1n) is 10.7. The second-order valence-corrected chi connectivity index (χ2v) is 10.2. The molecule has 2 aromatic rings. The van der Waals surface area contributed by atoms with Crippen LogP contribution < -0.4 is 10.6 Å². The van der Waals surface area contributed by atoms with Gasteiger partial charge in [0.25, 0.3) is 0 Å². The lowest BCUT2D eigenvalue weighted by atomic mass is 9.96. The standard InChI is InChI=1S/C23H29N3O3S/c27-22(25-18-23(12-13-23)19-8-3-1-4-9-19)17-24-20-10-7-11-21(16-20)30(28,29)26-14-5-2-6-15-26/h1,3-4,7-11,16,24H,2,5-6,12-15,17-18H2,(H,25,27). The summed E-state index contributed by atoms with van der Waals surface area (Å²) in [6.07, 6.45) is 5.06. The number of nitrogens with zero attached hydrogens (tertiary/aromatic N) is 1. The van der Waals surface area contributed by atoms with E-state index < -0.39 is 10.0 Å². The maximum atomic E-state index is 12.9. The van der Waals surface area contributed by atoms with Gasteiger partial charge in [-0.05, 0) is 49.4 Å². The van der Waals surface area contributed by atoms with Crippen LogP contribution in [0.25, 0.3) is 0 Å². The second kappa shape index (κ2) is 8.78. The largest absolute Gasteiger partial charge is 0.376 e. The highest BCUT2D eigenvalue weighted by atomic mass is 32.2. The molecule has 160 valence electrons. The summed E-state index contributed by atoms with van der Waals surface area (Å²) in [6.45, 7) is 1.89. The fourth-order valence-electron chi connectivity index (χ4n) is 4.04. The Hall–Kier alpha value is -2.38. The Labute approximate surface area is 178 Å². The Morgan fingerprint density at radius 3 is 2.40 bits per heavy atom. The van der Waals surface area contributed by atoms with Crippen molar-refractivity contribution in [3.05, 3.63) is 60.2 Å². The van der Waals surface area contributed by atoms with Crippen LogP contribution in [-0.2, 0) is 20.2 Å².